The van der Waals surface area contributed by atoms with E-state index in [2.05, 4.69) is 42.5 Å². The Labute approximate surface area is 153 Å². The Balaban J connectivity index is 1.50. The molecule has 1 N–H and O–H groups in total. The van der Waals surface area contributed by atoms with Gasteiger partial charge < -0.3 is 9.84 Å². The first-order valence-electron chi connectivity index (χ1n) is 8.98. The molecule has 0 radical (unpaired) electrons. The Morgan fingerprint density at radius 1 is 0.769 bits per heavy atom. The van der Waals surface area contributed by atoms with E-state index >= 15 is 0 Å². The molecular weight excluding hydrogens is 320 g/mol. The number of hydrogen-bond donors (Lipinski definition) is 1. The van der Waals surface area contributed by atoms with Crippen LogP contribution in [-0.4, -0.2) is 11.7 Å². The zero-order valence-corrected chi connectivity index (χ0v) is 14.8. The summed E-state index contributed by atoms with van der Waals surface area (Å²) in [6.07, 6.45) is -0.728. The van der Waals surface area contributed by atoms with Crippen LogP contribution in [-0.2, 0) is 4.74 Å². The Bertz CT molecular complexity index is 1030. The molecule has 130 valence electrons. The predicted molar refractivity (Wildman–Crippen MR) is 107 cm³/mol. The minimum Gasteiger partial charge on any atom is -0.386 e. The molecule has 0 aromatic heterocycles. The van der Waals surface area contributed by atoms with Crippen molar-refractivity contribution < 1.29 is 9.84 Å². The van der Waals surface area contributed by atoms with Crippen molar-refractivity contribution in [3.8, 4) is 0 Å². The fraction of sp³-hybridized carbons (Fsp3) is 0.167. The SMILES string of the molecule is CC(OCC(O)c1cccc2ccccc12)c1ccc2ccccc2c1. The molecule has 2 heteroatoms. The monoisotopic (exact) mass is 342 g/mol. The Hall–Kier alpha value is -2.68. The minimum absolute atomic E-state index is 0.0794. The molecule has 4 aromatic carbocycles. The lowest BCUT2D eigenvalue weighted by Gasteiger charge is -2.18. The van der Waals surface area contributed by atoms with Crippen molar-refractivity contribution >= 4 is 21.5 Å². The highest BCUT2D eigenvalue weighted by atomic mass is 16.5. The molecule has 0 spiro atoms. The maximum atomic E-state index is 10.7. The van der Waals surface area contributed by atoms with Crippen LogP contribution in [0.1, 0.15) is 30.3 Å². The highest BCUT2D eigenvalue weighted by molar-refractivity contribution is 5.86. The number of aliphatic hydroxyl groups excluding tert-OH is 1. The van der Waals surface area contributed by atoms with Gasteiger partial charge in [-0.05, 0) is 45.7 Å². The van der Waals surface area contributed by atoms with Crippen molar-refractivity contribution in [2.24, 2.45) is 0 Å². The standard InChI is InChI=1S/C24H22O2/c1-17(20-14-13-18-7-2-3-9-21(18)15-20)26-16-24(25)23-12-6-10-19-8-4-5-11-22(19)23/h2-15,17,24-25H,16H2,1H3. The van der Waals surface area contributed by atoms with E-state index in [9.17, 15) is 5.11 Å². The average Bonchev–Trinajstić information content (AvgIpc) is 2.71. The first kappa shape index (κ1) is 16.8. The third-order valence-electron chi connectivity index (χ3n) is 4.93. The molecule has 26 heavy (non-hydrogen) atoms. The van der Waals surface area contributed by atoms with Gasteiger partial charge in [0.05, 0.1) is 12.7 Å². The lowest BCUT2D eigenvalue weighted by molar-refractivity contribution is -0.00302. The number of aliphatic hydroxyl groups is 1. The van der Waals surface area contributed by atoms with Gasteiger partial charge in [-0.2, -0.15) is 0 Å². The summed E-state index contributed by atoms with van der Waals surface area (Å²) in [5, 5.41) is 15.3. The van der Waals surface area contributed by atoms with E-state index in [0.717, 1.165) is 21.9 Å². The normalized spacial score (nSPS) is 13.8. The zero-order valence-electron chi connectivity index (χ0n) is 14.8. The van der Waals surface area contributed by atoms with Gasteiger partial charge in [-0.1, -0.05) is 78.9 Å². The summed E-state index contributed by atoms with van der Waals surface area (Å²) in [7, 11) is 0. The van der Waals surface area contributed by atoms with Gasteiger partial charge in [0, 0.05) is 0 Å². The van der Waals surface area contributed by atoms with Gasteiger partial charge in [0.2, 0.25) is 0 Å². The van der Waals surface area contributed by atoms with Gasteiger partial charge >= 0.3 is 0 Å². The van der Waals surface area contributed by atoms with Gasteiger partial charge in [-0.25, -0.2) is 0 Å². The van der Waals surface area contributed by atoms with Gasteiger partial charge in [0.25, 0.3) is 0 Å². The fourth-order valence-electron chi connectivity index (χ4n) is 3.42. The quantitative estimate of drug-likeness (QED) is 0.496. The van der Waals surface area contributed by atoms with E-state index in [1.54, 1.807) is 0 Å². The number of ether oxygens (including phenoxy) is 1. The molecule has 2 atom stereocenters. The van der Waals surface area contributed by atoms with E-state index in [4.69, 9.17) is 4.74 Å². The van der Waals surface area contributed by atoms with E-state index < -0.39 is 6.10 Å². The predicted octanol–water partition coefficient (Wildman–Crippen LogP) is 5.80. The summed E-state index contributed by atoms with van der Waals surface area (Å²) in [5.74, 6) is 0. The van der Waals surface area contributed by atoms with Crippen molar-refractivity contribution in [2.75, 3.05) is 6.61 Å². The zero-order chi connectivity index (χ0) is 17.9. The summed E-state index contributed by atoms with van der Waals surface area (Å²) in [6, 6.07) is 28.8. The van der Waals surface area contributed by atoms with Crippen molar-refractivity contribution in [1.82, 2.24) is 0 Å². The van der Waals surface area contributed by atoms with Crippen molar-refractivity contribution in [3.63, 3.8) is 0 Å². The van der Waals surface area contributed by atoms with Gasteiger partial charge in [0.1, 0.15) is 6.10 Å². The molecule has 0 aliphatic carbocycles. The molecule has 0 saturated carbocycles. The number of rotatable bonds is 5. The van der Waals surface area contributed by atoms with Crippen LogP contribution >= 0.6 is 0 Å². The number of fused-ring (bicyclic) bond motifs is 2. The first-order chi connectivity index (χ1) is 12.7. The van der Waals surface area contributed by atoms with Crippen molar-refractivity contribution in [2.45, 2.75) is 19.1 Å². The van der Waals surface area contributed by atoms with Crippen LogP contribution in [0.3, 0.4) is 0 Å². The number of benzene rings is 4. The fourth-order valence-corrected chi connectivity index (χ4v) is 3.42. The molecule has 0 amide bonds. The topological polar surface area (TPSA) is 29.5 Å². The van der Waals surface area contributed by atoms with E-state index in [-0.39, 0.29) is 12.7 Å². The molecule has 0 aliphatic rings. The highest BCUT2D eigenvalue weighted by Gasteiger charge is 2.14. The molecular formula is C24H22O2. The lowest BCUT2D eigenvalue weighted by Crippen LogP contribution is -2.10. The summed E-state index contributed by atoms with van der Waals surface area (Å²) < 4.78 is 5.99. The van der Waals surface area contributed by atoms with Gasteiger partial charge in [-0.15, -0.1) is 0 Å². The molecule has 0 aliphatic heterocycles. The van der Waals surface area contributed by atoms with Crippen molar-refractivity contribution in [1.29, 1.82) is 0 Å². The maximum Gasteiger partial charge on any atom is 0.103 e. The third kappa shape index (κ3) is 3.34. The van der Waals surface area contributed by atoms with Crippen LogP contribution in [0.2, 0.25) is 0 Å². The minimum atomic E-state index is -0.649. The van der Waals surface area contributed by atoms with Crippen molar-refractivity contribution in [3.05, 3.63) is 96.1 Å². The second-order valence-electron chi connectivity index (χ2n) is 6.67. The number of hydrogen-bond acceptors (Lipinski definition) is 2. The van der Waals surface area contributed by atoms with E-state index in [1.165, 1.54) is 10.8 Å². The van der Waals surface area contributed by atoms with Gasteiger partial charge in [-0.3, -0.25) is 0 Å². The Morgan fingerprint density at radius 2 is 1.46 bits per heavy atom. The van der Waals surface area contributed by atoms with Crippen LogP contribution in [0.15, 0.2) is 84.9 Å². The first-order valence-corrected chi connectivity index (χ1v) is 8.98. The van der Waals surface area contributed by atoms with Crippen LogP contribution in [0, 0.1) is 0 Å². The third-order valence-corrected chi connectivity index (χ3v) is 4.93. The second-order valence-corrected chi connectivity index (χ2v) is 6.67. The summed E-state index contributed by atoms with van der Waals surface area (Å²) in [5.41, 5.74) is 2.03. The molecule has 0 bridgehead atoms. The molecule has 2 nitrogen and oxygen atoms in total. The molecule has 2 unspecified atom stereocenters. The largest absolute Gasteiger partial charge is 0.386 e. The lowest BCUT2D eigenvalue weighted by atomic mass is 10.0. The van der Waals surface area contributed by atoms with Crippen LogP contribution in [0.5, 0.6) is 0 Å². The molecule has 0 heterocycles. The molecule has 4 rings (SSSR count). The molecule has 0 fully saturated rings. The maximum absolute atomic E-state index is 10.7. The van der Waals surface area contributed by atoms with Crippen LogP contribution in [0.25, 0.3) is 21.5 Å². The van der Waals surface area contributed by atoms with E-state index in [1.807, 2.05) is 49.4 Å². The summed E-state index contributed by atoms with van der Waals surface area (Å²) in [6.45, 7) is 2.29. The highest BCUT2D eigenvalue weighted by Crippen LogP contribution is 2.27. The smallest absolute Gasteiger partial charge is 0.103 e. The van der Waals surface area contributed by atoms with Crippen LogP contribution in [0.4, 0.5) is 0 Å². The Morgan fingerprint density at radius 3 is 2.31 bits per heavy atom. The summed E-state index contributed by atoms with van der Waals surface area (Å²) >= 11 is 0. The van der Waals surface area contributed by atoms with Crippen LogP contribution < -0.4 is 0 Å². The molecule has 0 saturated heterocycles. The molecule has 4 aromatic rings. The second kappa shape index (κ2) is 7.28. The van der Waals surface area contributed by atoms with E-state index in [0.29, 0.717) is 0 Å². The Kier molecular flexibility index (Phi) is 4.70. The average molecular weight is 342 g/mol. The summed E-state index contributed by atoms with van der Waals surface area (Å²) in [4.78, 5) is 0. The van der Waals surface area contributed by atoms with Gasteiger partial charge in [0.15, 0.2) is 0 Å².